The molecular formula is C16H18N4O. The number of anilines is 2. The first-order chi connectivity index (χ1) is 10.1. The number of amides is 1. The van der Waals surface area contributed by atoms with Crippen LogP contribution in [0.1, 0.15) is 29.9 Å². The van der Waals surface area contributed by atoms with Crippen molar-refractivity contribution in [1.29, 1.82) is 0 Å². The number of rotatable bonds is 2. The maximum atomic E-state index is 12.4. The second-order valence-corrected chi connectivity index (χ2v) is 5.31. The van der Waals surface area contributed by atoms with Gasteiger partial charge in [0.15, 0.2) is 5.82 Å². The van der Waals surface area contributed by atoms with E-state index < -0.39 is 0 Å². The van der Waals surface area contributed by atoms with Crippen LogP contribution in [0.4, 0.5) is 11.5 Å². The van der Waals surface area contributed by atoms with Gasteiger partial charge < -0.3 is 10.6 Å². The standard InChI is InChI=1S/C16H18N4O/c1-11-9-14(17)19-15(18-11)10-20-13-7-3-2-5-12(13)6-4-8-16(20)21/h2-3,5,7,9H,4,6,8,10H2,1H3,(H2,17,18,19). The summed E-state index contributed by atoms with van der Waals surface area (Å²) in [7, 11) is 0. The van der Waals surface area contributed by atoms with Crippen LogP contribution in [-0.4, -0.2) is 15.9 Å². The third-order valence-electron chi connectivity index (χ3n) is 3.64. The Bertz CT molecular complexity index is 663. The summed E-state index contributed by atoms with van der Waals surface area (Å²) in [5.74, 6) is 1.13. The Morgan fingerprint density at radius 3 is 2.86 bits per heavy atom. The van der Waals surface area contributed by atoms with Crippen LogP contribution < -0.4 is 10.6 Å². The van der Waals surface area contributed by atoms with Gasteiger partial charge in [0.1, 0.15) is 5.82 Å². The number of aromatic nitrogens is 2. The van der Waals surface area contributed by atoms with E-state index in [1.807, 2.05) is 25.1 Å². The number of para-hydroxylation sites is 1. The summed E-state index contributed by atoms with van der Waals surface area (Å²) >= 11 is 0. The first-order valence-electron chi connectivity index (χ1n) is 7.12. The Kier molecular flexibility index (Phi) is 3.56. The average molecular weight is 282 g/mol. The lowest BCUT2D eigenvalue weighted by atomic mass is 10.1. The van der Waals surface area contributed by atoms with Crippen LogP contribution >= 0.6 is 0 Å². The molecule has 2 N–H and O–H groups in total. The van der Waals surface area contributed by atoms with Crippen LogP contribution in [0.5, 0.6) is 0 Å². The molecule has 5 nitrogen and oxygen atoms in total. The summed E-state index contributed by atoms with van der Waals surface area (Å²) < 4.78 is 0. The minimum atomic E-state index is 0.114. The molecule has 1 amide bonds. The van der Waals surface area contributed by atoms with Gasteiger partial charge in [0.2, 0.25) is 5.91 Å². The Labute approximate surface area is 123 Å². The second-order valence-electron chi connectivity index (χ2n) is 5.31. The van der Waals surface area contributed by atoms with Gasteiger partial charge in [-0.15, -0.1) is 0 Å². The molecule has 0 radical (unpaired) electrons. The van der Waals surface area contributed by atoms with E-state index in [9.17, 15) is 4.79 Å². The third kappa shape index (κ3) is 2.86. The molecule has 21 heavy (non-hydrogen) atoms. The number of hydrogen-bond donors (Lipinski definition) is 1. The van der Waals surface area contributed by atoms with Crippen molar-refractivity contribution in [3.8, 4) is 0 Å². The minimum absolute atomic E-state index is 0.114. The molecule has 0 aliphatic carbocycles. The molecule has 0 atom stereocenters. The number of nitrogen functional groups attached to an aromatic ring is 1. The molecule has 3 rings (SSSR count). The zero-order valence-electron chi connectivity index (χ0n) is 12.0. The van der Waals surface area contributed by atoms with Gasteiger partial charge in [-0.1, -0.05) is 18.2 Å². The molecule has 0 spiro atoms. The van der Waals surface area contributed by atoms with Crippen molar-refractivity contribution in [2.45, 2.75) is 32.7 Å². The van der Waals surface area contributed by atoms with Gasteiger partial charge in [-0.3, -0.25) is 4.79 Å². The summed E-state index contributed by atoms with van der Waals surface area (Å²) in [5.41, 5.74) is 8.74. The van der Waals surface area contributed by atoms with E-state index in [0.29, 0.717) is 24.6 Å². The Balaban J connectivity index is 1.97. The molecule has 0 unspecified atom stereocenters. The van der Waals surface area contributed by atoms with E-state index in [1.165, 1.54) is 5.56 Å². The second kappa shape index (κ2) is 5.52. The van der Waals surface area contributed by atoms with E-state index in [1.54, 1.807) is 11.0 Å². The first kappa shape index (κ1) is 13.5. The van der Waals surface area contributed by atoms with Crippen LogP contribution in [0.3, 0.4) is 0 Å². The smallest absolute Gasteiger partial charge is 0.227 e. The topological polar surface area (TPSA) is 72.1 Å². The zero-order valence-corrected chi connectivity index (χ0v) is 12.0. The summed E-state index contributed by atoms with van der Waals surface area (Å²) in [6, 6.07) is 9.75. The number of benzene rings is 1. The van der Waals surface area contributed by atoms with Crippen LogP contribution in [0.15, 0.2) is 30.3 Å². The van der Waals surface area contributed by atoms with Gasteiger partial charge >= 0.3 is 0 Å². The highest BCUT2D eigenvalue weighted by molar-refractivity contribution is 5.94. The Morgan fingerprint density at radius 1 is 1.24 bits per heavy atom. The van der Waals surface area contributed by atoms with E-state index in [-0.39, 0.29) is 5.91 Å². The van der Waals surface area contributed by atoms with Crippen molar-refractivity contribution in [3.63, 3.8) is 0 Å². The number of nitrogens with zero attached hydrogens (tertiary/aromatic N) is 3. The SMILES string of the molecule is Cc1cc(N)nc(CN2C(=O)CCCc3ccccc32)n1. The molecule has 0 saturated carbocycles. The zero-order chi connectivity index (χ0) is 14.8. The summed E-state index contributed by atoms with van der Waals surface area (Å²) in [6.45, 7) is 2.24. The summed E-state index contributed by atoms with van der Waals surface area (Å²) in [5, 5.41) is 0. The molecule has 108 valence electrons. The molecule has 2 aromatic rings. The Hall–Kier alpha value is -2.43. The van der Waals surface area contributed by atoms with Gasteiger partial charge in [0, 0.05) is 23.9 Å². The maximum absolute atomic E-state index is 12.4. The van der Waals surface area contributed by atoms with E-state index >= 15 is 0 Å². The predicted octanol–water partition coefficient (Wildman–Crippen LogP) is 2.24. The van der Waals surface area contributed by atoms with Gasteiger partial charge in [-0.05, 0) is 31.4 Å². The molecular weight excluding hydrogens is 264 g/mol. The van der Waals surface area contributed by atoms with Crippen molar-refractivity contribution in [1.82, 2.24) is 9.97 Å². The van der Waals surface area contributed by atoms with Crippen LogP contribution in [0, 0.1) is 6.92 Å². The molecule has 1 aliphatic rings. The lowest BCUT2D eigenvalue weighted by Gasteiger charge is -2.22. The van der Waals surface area contributed by atoms with Crippen molar-refractivity contribution >= 4 is 17.4 Å². The minimum Gasteiger partial charge on any atom is -0.384 e. The highest BCUT2D eigenvalue weighted by atomic mass is 16.2. The number of carbonyl (C=O) groups is 1. The van der Waals surface area contributed by atoms with Crippen molar-refractivity contribution in [2.24, 2.45) is 0 Å². The van der Waals surface area contributed by atoms with Crippen LogP contribution in [-0.2, 0) is 17.8 Å². The molecule has 2 heterocycles. The van der Waals surface area contributed by atoms with Crippen LogP contribution in [0.2, 0.25) is 0 Å². The Morgan fingerprint density at radius 2 is 2.05 bits per heavy atom. The molecule has 0 fully saturated rings. The van der Waals surface area contributed by atoms with Crippen molar-refractivity contribution < 1.29 is 4.79 Å². The van der Waals surface area contributed by atoms with Gasteiger partial charge in [-0.2, -0.15) is 0 Å². The lowest BCUT2D eigenvalue weighted by Crippen LogP contribution is -2.30. The van der Waals surface area contributed by atoms with Gasteiger partial charge in [0.25, 0.3) is 0 Å². The fourth-order valence-corrected chi connectivity index (χ4v) is 2.73. The number of fused-ring (bicyclic) bond motifs is 1. The summed E-state index contributed by atoms with van der Waals surface area (Å²) in [6.07, 6.45) is 2.36. The van der Waals surface area contributed by atoms with E-state index in [4.69, 9.17) is 5.73 Å². The lowest BCUT2D eigenvalue weighted by molar-refractivity contribution is -0.118. The van der Waals surface area contributed by atoms with Gasteiger partial charge in [0.05, 0.1) is 6.54 Å². The molecule has 1 aromatic carbocycles. The molecule has 1 aromatic heterocycles. The third-order valence-corrected chi connectivity index (χ3v) is 3.64. The molecule has 5 heteroatoms. The number of hydrogen-bond acceptors (Lipinski definition) is 4. The number of carbonyl (C=O) groups excluding carboxylic acids is 1. The summed E-state index contributed by atoms with van der Waals surface area (Å²) in [4.78, 5) is 22.8. The highest BCUT2D eigenvalue weighted by Gasteiger charge is 2.22. The highest BCUT2D eigenvalue weighted by Crippen LogP contribution is 2.27. The van der Waals surface area contributed by atoms with Crippen LogP contribution in [0.25, 0.3) is 0 Å². The largest absolute Gasteiger partial charge is 0.384 e. The number of nitrogens with two attached hydrogens (primary N) is 1. The fraction of sp³-hybridized carbons (Fsp3) is 0.312. The molecule has 1 aliphatic heterocycles. The maximum Gasteiger partial charge on any atom is 0.227 e. The van der Waals surface area contributed by atoms with Crippen molar-refractivity contribution in [3.05, 3.63) is 47.4 Å². The predicted molar refractivity (Wildman–Crippen MR) is 81.8 cm³/mol. The van der Waals surface area contributed by atoms with Crippen molar-refractivity contribution in [2.75, 3.05) is 10.6 Å². The normalized spacial score (nSPS) is 14.7. The van der Waals surface area contributed by atoms with E-state index in [2.05, 4.69) is 16.0 Å². The van der Waals surface area contributed by atoms with E-state index in [0.717, 1.165) is 24.2 Å². The number of aryl methyl sites for hydroxylation is 2. The average Bonchev–Trinajstić information content (AvgIpc) is 2.58. The monoisotopic (exact) mass is 282 g/mol. The van der Waals surface area contributed by atoms with Gasteiger partial charge in [-0.25, -0.2) is 9.97 Å². The quantitative estimate of drug-likeness (QED) is 0.917. The molecule has 0 bridgehead atoms. The first-order valence-corrected chi connectivity index (χ1v) is 7.12. The molecule has 0 saturated heterocycles. The fourth-order valence-electron chi connectivity index (χ4n) is 2.73.